The molecule has 1 saturated heterocycles. The molecule has 2 aromatic carbocycles. The van der Waals surface area contributed by atoms with Gasteiger partial charge in [0, 0.05) is 37.2 Å². The molecule has 28 heavy (non-hydrogen) atoms. The maximum atomic E-state index is 12.9. The highest BCUT2D eigenvalue weighted by molar-refractivity contribution is 5.98. The van der Waals surface area contributed by atoms with E-state index in [-0.39, 0.29) is 11.3 Å². The van der Waals surface area contributed by atoms with Gasteiger partial charge in [-0.15, -0.1) is 0 Å². The summed E-state index contributed by atoms with van der Waals surface area (Å²) in [5.41, 5.74) is 0.631. The van der Waals surface area contributed by atoms with E-state index in [1.54, 1.807) is 0 Å². The molecule has 4 rings (SSSR count). The highest BCUT2D eigenvalue weighted by Crippen LogP contribution is 2.20. The predicted octanol–water partition coefficient (Wildman–Crippen LogP) is 3.48. The van der Waals surface area contributed by atoms with Gasteiger partial charge in [0.25, 0.3) is 5.91 Å². The first-order valence-electron chi connectivity index (χ1n) is 9.74. The van der Waals surface area contributed by atoms with Crippen molar-refractivity contribution in [2.45, 2.75) is 32.7 Å². The third-order valence-corrected chi connectivity index (χ3v) is 5.15. The molecule has 2 heterocycles. The van der Waals surface area contributed by atoms with E-state index >= 15 is 0 Å². The van der Waals surface area contributed by atoms with Gasteiger partial charge in [0.15, 0.2) is 5.82 Å². The Hall–Kier alpha value is -2.73. The fraction of sp³-hybridized carbons (Fsp3) is 0.409. The third-order valence-electron chi connectivity index (χ3n) is 5.15. The molecule has 0 saturated carbocycles. The van der Waals surface area contributed by atoms with E-state index in [0.717, 1.165) is 35.2 Å². The van der Waals surface area contributed by atoms with Crippen molar-refractivity contribution < 1.29 is 9.32 Å². The van der Waals surface area contributed by atoms with Gasteiger partial charge < -0.3 is 9.42 Å². The summed E-state index contributed by atoms with van der Waals surface area (Å²) in [6.45, 7) is 9.83. The van der Waals surface area contributed by atoms with Crippen LogP contribution in [0.25, 0.3) is 10.8 Å². The number of hydrogen-bond donors (Lipinski definition) is 0. The average molecular weight is 378 g/mol. The van der Waals surface area contributed by atoms with E-state index in [9.17, 15) is 4.79 Å². The summed E-state index contributed by atoms with van der Waals surface area (Å²) in [4.78, 5) is 21.6. The molecule has 1 aliphatic heterocycles. The van der Waals surface area contributed by atoms with Gasteiger partial charge >= 0.3 is 0 Å². The molecule has 0 aliphatic carbocycles. The van der Waals surface area contributed by atoms with Crippen molar-refractivity contribution >= 4 is 16.7 Å². The van der Waals surface area contributed by atoms with Gasteiger partial charge in [-0.2, -0.15) is 4.98 Å². The smallest absolute Gasteiger partial charge is 0.253 e. The summed E-state index contributed by atoms with van der Waals surface area (Å²) in [5, 5.41) is 6.33. The van der Waals surface area contributed by atoms with Gasteiger partial charge in [-0.05, 0) is 22.9 Å². The Morgan fingerprint density at radius 1 is 1.04 bits per heavy atom. The van der Waals surface area contributed by atoms with Gasteiger partial charge in [0.2, 0.25) is 5.89 Å². The Bertz CT molecular complexity index is 981. The second-order valence-corrected chi connectivity index (χ2v) is 8.39. The molecule has 146 valence electrons. The Balaban J connectivity index is 1.36. The van der Waals surface area contributed by atoms with Crippen molar-refractivity contribution in [1.29, 1.82) is 0 Å². The molecule has 6 heteroatoms. The Morgan fingerprint density at radius 3 is 2.43 bits per heavy atom. The topological polar surface area (TPSA) is 62.5 Å². The van der Waals surface area contributed by atoms with E-state index in [1.165, 1.54) is 0 Å². The second kappa shape index (κ2) is 7.36. The van der Waals surface area contributed by atoms with Crippen LogP contribution in [0.5, 0.6) is 0 Å². The molecule has 1 amide bonds. The van der Waals surface area contributed by atoms with E-state index in [0.29, 0.717) is 25.5 Å². The van der Waals surface area contributed by atoms with Gasteiger partial charge in [-0.25, -0.2) is 0 Å². The molecule has 1 aromatic heterocycles. The summed E-state index contributed by atoms with van der Waals surface area (Å²) in [6.07, 6.45) is 0. The molecular formula is C22H26N4O2. The normalized spacial score (nSPS) is 15.9. The maximum absolute atomic E-state index is 12.9. The lowest BCUT2D eigenvalue weighted by molar-refractivity contribution is 0.0615. The molecule has 0 atom stereocenters. The van der Waals surface area contributed by atoms with Crippen LogP contribution in [0.2, 0.25) is 0 Å². The number of hydrogen-bond acceptors (Lipinski definition) is 5. The summed E-state index contributed by atoms with van der Waals surface area (Å²) in [6, 6.07) is 14.0. The van der Waals surface area contributed by atoms with Crippen molar-refractivity contribution in [3.05, 3.63) is 59.7 Å². The Morgan fingerprint density at radius 2 is 1.75 bits per heavy atom. The van der Waals surface area contributed by atoms with Crippen LogP contribution in [-0.2, 0) is 12.0 Å². The summed E-state index contributed by atoms with van der Waals surface area (Å²) in [5.74, 6) is 1.46. The van der Waals surface area contributed by atoms with Crippen LogP contribution >= 0.6 is 0 Å². The summed E-state index contributed by atoms with van der Waals surface area (Å²) < 4.78 is 5.40. The van der Waals surface area contributed by atoms with E-state index in [1.807, 2.05) is 41.3 Å². The van der Waals surface area contributed by atoms with Crippen LogP contribution < -0.4 is 0 Å². The summed E-state index contributed by atoms with van der Waals surface area (Å²) in [7, 11) is 0. The minimum atomic E-state index is -0.118. The fourth-order valence-corrected chi connectivity index (χ4v) is 3.43. The molecule has 6 nitrogen and oxygen atoms in total. The molecule has 1 aliphatic rings. The number of aromatic nitrogens is 2. The van der Waals surface area contributed by atoms with E-state index in [4.69, 9.17) is 4.52 Å². The van der Waals surface area contributed by atoms with E-state index < -0.39 is 0 Å². The van der Waals surface area contributed by atoms with Gasteiger partial charge in [-0.1, -0.05) is 56.3 Å². The first kappa shape index (κ1) is 18.6. The SMILES string of the molecule is CC(C)(C)c1noc(CN2CCN(C(=O)c3ccc4ccccc4c3)CC2)n1. The van der Waals surface area contributed by atoms with Crippen LogP contribution in [0.15, 0.2) is 47.0 Å². The van der Waals surface area contributed by atoms with Crippen molar-refractivity contribution in [1.82, 2.24) is 19.9 Å². The molecule has 0 bridgehead atoms. The van der Waals surface area contributed by atoms with Crippen LogP contribution in [0.1, 0.15) is 42.8 Å². The number of carbonyl (C=O) groups is 1. The van der Waals surface area contributed by atoms with Crippen LogP contribution in [0, 0.1) is 0 Å². The number of fused-ring (bicyclic) bond motifs is 1. The van der Waals surface area contributed by atoms with Crippen molar-refractivity contribution in [3.63, 3.8) is 0 Å². The largest absolute Gasteiger partial charge is 0.338 e. The molecule has 3 aromatic rings. The minimum absolute atomic E-state index is 0.0956. The van der Waals surface area contributed by atoms with Crippen molar-refractivity contribution in [2.24, 2.45) is 0 Å². The third kappa shape index (κ3) is 3.92. The van der Waals surface area contributed by atoms with Crippen LogP contribution in [0.3, 0.4) is 0 Å². The van der Waals surface area contributed by atoms with Gasteiger partial charge in [-0.3, -0.25) is 9.69 Å². The molecular weight excluding hydrogens is 352 g/mol. The van der Waals surface area contributed by atoms with Crippen LogP contribution in [0.4, 0.5) is 0 Å². The number of carbonyl (C=O) groups excluding carboxylic acids is 1. The lowest BCUT2D eigenvalue weighted by Gasteiger charge is -2.34. The number of rotatable bonds is 3. The summed E-state index contributed by atoms with van der Waals surface area (Å²) >= 11 is 0. The lowest BCUT2D eigenvalue weighted by Crippen LogP contribution is -2.48. The Labute approximate surface area is 165 Å². The maximum Gasteiger partial charge on any atom is 0.253 e. The molecule has 0 N–H and O–H groups in total. The highest BCUT2D eigenvalue weighted by atomic mass is 16.5. The molecule has 0 radical (unpaired) electrons. The first-order valence-corrected chi connectivity index (χ1v) is 9.74. The predicted molar refractivity (Wildman–Crippen MR) is 108 cm³/mol. The van der Waals surface area contributed by atoms with Crippen molar-refractivity contribution in [2.75, 3.05) is 26.2 Å². The number of piperazine rings is 1. The number of benzene rings is 2. The highest BCUT2D eigenvalue weighted by Gasteiger charge is 2.25. The first-order chi connectivity index (χ1) is 13.4. The lowest BCUT2D eigenvalue weighted by atomic mass is 9.96. The molecule has 0 unspecified atom stereocenters. The van der Waals surface area contributed by atoms with Gasteiger partial charge in [0.05, 0.1) is 6.54 Å². The molecule has 1 fully saturated rings. The second-order valence-electron chi connectivity index (χ2n) is 8.39. The number of nitrogens with zero attached hydrogens (tertiary/aromatic N) is 4. The Kier molecular flexibility index (Phi) is 4.89. The van der Waals surface area contributed by atoms with E-state index in [2.05, 4.69) is 41.9 Å². The van der Waals surface area contributed by atoms with Crippen molar-refractivity contribution in [3.8, 4) is 0 Å². The van der Waals surface area contributed by atoms with Gasteiger partial charge in [0.1, 0.15) is 0 Å². The zero-order valence-electron chi connectivity index (χ0n) is 16.7. The number of amides is 1. The van der Waals surface area contributed by atoms with Crippen LogP contribution in [-0.4, -0.2) is 52.0 Å². The fourth-order valence-electron chi connectivity index (χ4n) is 3.43. The standard InChI is InChI=1S/C22H26N4O2/c1-22(2,3)21-23-19(28-24-21)15-25-10-12-26(13-11-25)20(27)18-9-8-16-6-4-5-7-17(16)14-18/h4-9,14H,10-13,15H2,1-3H3. The average Bonchev–Trinajstić information content (AvgIpc) is 3.17. The zero-order valence-corrected chi connectivity index (χ0v) is 16.7. The quantitative estimate of drug-likeness (QED) is 0.698. The minimum Gasteiger partial charge on any atom is -0.338 e. The monoisotopic (exact) mass is 378 g/mol. The zero-order chi connectivity index (χ0) is 19.7. The molecule has 0 spiro atoms.